The SMILES string of the molecule is Cc1cn2nc([C@@H]3CCCCCN3C(O)c3cc(C(F)(F)F)n(C)n3)cc2nc1N1CC[C@H](N)C1. The molecule has 5 heterocycles. The third kappa shape index (κ3) is 4.62. The molecule has 0 aromatic carbocycles. The quantitative estimate of drug-likeness (QED) is 0.578. The number of hydrogen-bond donors (Lipinski definition) is 2. The van der Waals surface area contributed by atoms with Gasteiger partial charge in [0.05, 0.1) is 11.7 Å². The number of aryl methyl sites for hydroxylation is 2. The first-order valence-corrected chi connectivity index (χ1v) is 12.0. The van der Waals surface area contributed by atoms with E-state index in [0.717, 1.165) is 73.0 Å². The highest BCUT2D eigenvalue weighted by atomic mass is 19.4. The molecule has 3 aromatic rings. The fraction of sp³-hybridized carbons (Fsp3) is 0.609. The van der Waals surface area contributed by atoms with Gasteiger partial charge in [0.1, 0.15) is 17.2 Å². The molecule has 0 aliphatic carbocycles. The van der Waals surface area contributed by atoms with Gasteiger partial charge in [0.2, 0.25) is 0 Å². The molecule has 2 aliphatic rings. The monoisotopic (exact) mass is 492 g/mol. The maximum Gasteiger partial charge on any atom is 0.433 e. The molecule has 35 heavy (non-hydrogen) atoms. The summed E-state index contributed by atoms with van der Waals surface area (Å²) in [5.74, 6) is 0.892. The largest absolute Gasteiger partial charge is 0.433 e. The number of nitrogens with two attached hydrogens (primary N) is 1. The third-order valence-electron chi connectivity index (χ3n) is 7.05. The molecule has 0 saturated carbocycles. The number of aliphatic hydroxyl groups excluding tert-OH is 1. The van der Waals surface area contributed by atoms with Gasteiger partial charge in [0.25, 0.3) is 0 Å². The van der Waals surface area contributed by atoms with Crippen molar-refractivity contribution in [2.45, 2.75) is 63.5 Å². The molecule has 190 valence electrons. The van der Waals surface area contributed by atoms with Gasteiger partial charge in [-0.2, -0.15) is 23.4 Å². The van der Waals surface area contributed by atoms with Crippen LogP contribution in [0, 0.1) is 6.92 Å². The Kier molecular flexibility index (Phi) is 6.22. The molecule has 2 fully saturated rings. The number of halogens is 3. The van der Waals surface area contributed by atoms with Crippen molar-refractivity contribution in [3.8, 4) is 0 Å². The second-order valence-corrected chi connectivity index (χ2v) is 9.67. The zero-order chi connectivity index (χ0) is 24.9. The number of nitrogens with zero attached hydrogens (tertiary/aromatic N) is 7. The lowest BCUT2D eigenvalue weighted by Gasteiger charge is -2.32. The van der Waals surface area contributed by atoms with Crippen molar-refractivity contribution in [1.29, 1.82) is 0 Å². The molecule has 3 aromatic heterocycles. The number of fused-ring (bicyclic) bond motifs is 1. The predicted octanol–water partition coefficient (Wildman–Crippen LogP) is 2.94. The van der Waals surface area contributed by atoms with Crippen LogP contribution in [0.3, 0.4) is 0 Å². The summed E-state index contributed by atoms with van der Waals surface area (Å²) in [5.41, 5.74) is 7.60. The van der Waals surface area contributed by atoms with E-state index in [2.05, 4.69) is 10.00 Å². The van der Waals surface area contributed by atoms with Gasteiger partial charge in [0, 0.05) is 50.6 Å². The zero-order valence-electron chi connectivity index (χ0n) is 19.9. The van der Waals surface area contributed by atoms with E-state index >= 15 is 0 Å². The maximum absolute atomic E-state index is 13.3. The maximum atomic E-state index is 13.3. The molecule has 3 atom stereocenters. The average molecular weight is 493 g/mol. The highest BCUT2D eigenvalue weighted by molar-refractivity contribution is 5.54. The Hall–Kier alpha value is -2.70. The molecule has 9 nitrogen and oxygen atoms in total. The van der Waals surface area contributed by atoms with Gasteiger partial charge >= 0.3 is 6.18 Å². The smallest absolute Gasteiger partial charge is 0.372 e. The van der Waals surface area contributed by atoms with Crippen LogP contribution in [0.15, 0.2) is 18.3 Å². The second kappa shape index (κ2) is 9.07. The first-order valence-electron chi connectivity index (χ1n) is 12.0. The van der Waals surface area contributed by atoms with Crippen molar-refractivity contribution in [2.75, 3.05) is 24.5 Å². The number of aliphatic hydroxyl groups is 1. The van der Waals surface area contributed by atoms with Crippen LogP contribution >= 0.6 is 0 Å². The predicted molar refractivity (Wildman–Crippen MR) is 124 cm³/mol. The fourth-order valence-corrected chi connectivity index (χ4v) is 5.27. The zero-order valence-corrected chi connectivity index (χ0v) is 19.9. The minimum atomic E-state index is -4.54. The van der Waals surface area contributed by atoms with Gasteiger partial charge in [-0.3, -0.25) is 9.58 Å². The number of likely N-dealkylation sites (tertiary alicyclic amines) is 1. The number of alkyl halides is 3. The van der Waals surface area contributed by atoms with E-state index in [-0.39, 0.29) is 17.8 Å². The molecule has 3 N–H and O–H groups in total. The van der Waals surface area contributed by atoms with E-state index in [9.17, 15) is 18.3 Å². The molecule has 0 radical (unpaired) electrons. The van der Waals surface area contributed by atoms with Crippen LogP contribution in [0.25, 0.3) is 5.65 Å². The van der Waals surface area contributed by atoms with E-state index < -0.39 is 18.1 Å². The van der Waals surface area contributed by atoms with Gasteiger partial charge in [-0.15, -0.1) is 0 Å². The van der Waals surface area contributed by atoms with Gasteiger partial charge in [-0.25, -0.2) is 9.50 Å². The third-order valence-corrected chi connectivity index (χ3v) is 7.05. The Morgan fingerprint density at radius 3 is 2.60 bits per heavy atom. The molecule has 0 spiro atoms. The molecule has 0 amide bonds. The summed E-state index contributed by atoms with van der Waals surface area (Å²) in [6, 6.07) is 2.70. The van der Waals surface area contributed by atoms with Crippen molar-refractivity contribution in [3.63, 3.8) is 0 Å². The minimum Gasteiger partial charge on any atom is -0.372 e. The lowest BCUT2D eigenvalue weighted by Crippen LogP contribution is -2.33. The van der Waals surface area contributed by atoms with Crippen LogP contribution in [0.4, 0.5) is 19.0 Å². The highest BCUT2D eigenvalue weighted by Crippen LogP contribution is 2.37. The molecule has 1 unspecified atom stereocenters. The van der Waals surface area contributed by atoms with Crippen LogP contribution in [-0.2, 0) is 13.2 Å². The number of aromatic nitrogens is 5. The Labute approximate surface area is 201 Å². The number of hydrogen-bond acceptors (Lipinski definition) is 7. The highest BCUT2D eigenvalue weighted by Gasteiger charge is 2.38. The van der Waals surface area contributed by atoms with E-state index in [0.29, 0.717) is 12.2 Å². The molecular weight excluding hydrogens is 461 g/mol. The minimum absolute atomic E-state index is 0.0166. The van der Waals surface area contributed by atoms with Crippen LogP contribution in [0.5, 0.6) is 0 Å². The Morgan fingerprint density at radius 1 is 1.11 bits per heavy atom. The normalized spacial score (nSPS) is 23.2. The second-order valence-electron chi connectivity index (χ2n) is 9.67. The first kappa shape index (κ1) is 24.0. The molecule has 2 saturated heterocycles. The van der Waals surface area contributed by atoms with Crippen LogP contribution < -0.4 is 10.6 Å². The topological polar surface area (TPSA) is 101 Å². The van der Waals surface area contributed by atoms with E-state index in [1.165, 1.54) is 7.05 Å². The summed E-state index contributed by atoms with van der Waals surface area (Å²) in [5, 5.41) is 19.9. The van der Waals surface area contributed by atoms with Gasteiger partial charge < -0.3 is 15.7 Å². The lowest BCUT2D eigenvalue weighted by molar-refractivity contribution is -0.143. The Balaban J connectivity index is 1.47. The van der Waals surface area contributed by atoms with Gasteiger partial charge in [-0.1, -0.05) is 12.8 Å². The van der Waals surface area contributed by atoms with Crippen LogP contribution in [0.1, 0.15) is 67.0 Å². The van der Waals surface area contributed by atoms with E-state index in [1.54, 1.807) is 4.52 Å². The van der Waals surface area contributed by atoms with Crippen molar-refractivity contribution < 1.29 is 18.3 Å². The van der Waals surface area contributed by atoms with Crippen molar-refractivity contribution >= 4 is 11.5 Å². The number of anilines is 1. The Morgan fingerprint density at radius 2 is 1.91 bits per heavy atom. The Bertz CT molecular complexity index is 1210. The standard InChI is InChI=1S/C23H31F3N8O/c1-14-12-34-20(28-21(14)32-9-7-15(27)13-32)11-16(30-34)18-6-4-3-5-8-33(18)22(35)17-10-19(23(24,25)26)31(2)29-17/h10-12,15,18,22,35H,3-9,13,27H2,1-2H3/t15-,18-,22?/m0/s1. The van der Waals surface area contributed by atoms with Crippen molar-refractivity contribution in [1.82, 2.24) is 29.3 Å². The summed E-state index contributed by atoms with van der Waals surface area (Å²) in [6.07, 6.45) is 0.512. The van der Waals surface area contributed by atoms with Crippen LogP contribution in [-0.4, -0.2) is 60.1 Å². The average Bonchev–Trinajstić information content (AvgIpc) is 3.45. The summed E-state index contributed by atoms with van der Waals surface area (Å²) in [6.45, 7) is 4.14. The lowest BCUT2D eigenvalue weighted by atomic mass is 10.1. The van der Waals surface area contributed by atoms with E-state index in [4.69, 9.17) is 15.8 Å². The summed E-state index contributed by atoms with van der Waals surface area (Å²) in [4.78, 5) is 8.85. The first-order chi connectivity index (χ1) is 16.6. The molecule has 0 bridgehead atoms. The molecular formula is C23H31F3N8O. The number of rotatable bonds is 4. The molecule has 12 heteroatoms. The van der Waals surface area contributed by atoms with Gasteiger partial charge in [-0.05, 0) is 32.3 Å². The fourth-order valence-electron chi connectivity index (χ4n) is 5.27. The van der Waals surface area contributed by atoms with E-state index in [1.807, 2.05) is 24.1 Å². The van der Waals surface area contributed by atoms with Crippen molar-refractivity contribution in [3.05, 3.63) is 41.0 Å². The van der Waals surface area contributed by atoms with Gasteiger partial charge in [0.15, 0.2) is 11.9 Å². The molecule has 2 aliphatic heterocycles. The summed E-state index contributed by atoms with van der Waals surface area (Å²) in [7, 11) is 1.24. The van der Waals surface area contributed by atoms with Crippen molar-refractivity contribution in [2.24, 2.45) is 12.8 Å². The summed E-state index contributed by atoms with van der Waals surface area (Å²) < 4.78 is 42.4. The molecule has 5 rings (SSSR count). The van der Waals surface area contributed by atoms with Crippen LogP contribution in [0.2, 0.25) is 0 Å². The summed E-state index contributed by atoms with van der Waals surface area (Å²) >= 11 is 0.